The summed E-state index contributed by atoms with van der Waals surface area (Å²) in [7, 11) is 0. The number of benzene rings is 1. The molecule has 0 aromatic heterocycles. The molecule has 94 valence electrons. The molecule has 0 N–H and O–H groups in total. The average Bonchev–Trinajstić information content (AvgIpc) is 2.25. The fraction of sp³-hybridized carbons (Fsp3) is 0.364. The zero-order valence-corrected chi connectivity index (χ0v) is 9.08. The molecule has 0 aliphatic heterocycles. The highest BCUT2D eigenvalue weighted by atomic mass is 19.4. The van der Waals surface area contributed by atoms with E-state index in [4.69, 9.17) is 4.74 Å². The van der Waals surface area contributed by atoms with E-state index in [0.717, 1.165) is 12.1 Å². The van der Waals surface area contributed by atoms with Gasteiger partial charge in [-0.15, -0.1) is 13.2 Å². The van der Waals surface area contributed by atoms with Crippen molar-refractivity contribution in [3.63, 3.8) is 0 Å². The molecule has 0 aliphatic carbocycles. The van der Waals surface area contributed by atoms with Gasteiger partial charge < -0.3 is 9.47 Å². The predicted molar refractivity (Wildman–Crippen MR) is 53.9 cm³/mol. The first-order valence-electron chi connectivity index (χ1n) is 4.91. The van der Waals surface area contributed by atoms with Gasteiger partial charge in [0.25, 0.3) is 0 Å². The standard InChI is InChI=1S/C11H11F3O3/c1-2-8(15)7-16-9-3-5-10(6-4-9)17-11(12,13)14/h3-6H,2,7H2,1H3. The number of ether oxygens (including phenoxy) is 2. The maximum absolute atomic E-state index is 11.8. The second-order valence-electron chi connectivity index (χ2n) is 3.20. The highest BCUT2D eigenvalue weighted by molar-refractivity contribution is 5.79. The maximum Gasteiger partial charge on any atom is 0.573 e. The van der Waals surface area contributed by atoms with Gasteiger partial charge in [-0.2, -0.15) is 0 Å². The molecule has 0 aliphatic rings. The molecule has 0 atom stereocenters. The number of carbonyl (C=O) groups is 1. The Hall–Kier alpha value is -1.72. The Balaban J connectivity index is 2.53. The van der Waals surface area contributed by atoms with Gasteiger partial charge in [-0.25, -0.2) is 0 Å². The Bertz CT molecular complexity index is 371. The first-order valence-corrected chi connectivity index (χ1v) is 4.91. The van der Waals surface area contributed by atoms with Gasteiger partial charge in [0, 0.05) is 6.42 Å². The molecular weight excluding hydrogens is 237 g/mol. The van der Waals surface area contributed by atoms with Crippen LogP contribution in [0.25, 0.3) is 0 Å². The zero-order chi connectivity index (χ0) is 12.9. The monoisotopic (exact) mass is 248 g/mol. The largest absolute Gasteiger partial charge is 0.573 e. The summed E-state index contributed by atoms with van der Waals surface area (Å²) < 4.78 is 44.3. The van der Waals surface area contributed by atoms with Gasteiger partial charge in [0.05, 0.1) is 0 Å². The quantitative estimate of drug-likeness (QED) is 0.803. The maximum atomic E-state index is 11.8. The van der Waals surface area contributed by atoms with Crippen LogP contribution < -0.4 is 9.47 Å². The number of ketones is 1. The summed E-state index contributed by atoms with van der Waals surface area (Å²) in [6, 6.07) is 4.87. The normalized spacial score (nSPS) is 11.1. The highest BCUT2D eigenvalue weighted by Gasteiger charge is 2.30. The van der Waals surface area contributed by atoms with Crippen LogP contribution in [0.5, 0.6) is 11.5 Å². The topological polar surface area (TPSA) is 35.5 Å². The molecule has 1 rings (SSSR count). The number of hydrogen-bond donors (Lipinski definition) is 0. The van der Waals surface area contributed by atoms with E-state index in [1.54, 1.807) is 6.92 Å². The van der Waals surface area contributed by atoms with Crippen molar-refractivity contribution in [2.24, 2.45) is 0 Å². The molecule has 0 unspecified atom stereocenters. The molecule has 0 spiro atoms. The van der Waals surface area contributed by atoms with Crippen LogP contribution >= 0.6 is 0 Å². The lowest BCUT2D eigenvalue weighted by Gasteiger charge is -2.09. The molecular formula is C11H11F3O3. The number of Topliss-reactive ketones (excluding diaryl/α,β-unsaturated/α-hetero) is 1. The smallest absolute Gasteiger partial charge is 0.486 e. The van der Waals surface area contributed by atoms with Gasteiger partial charge in [0.15, 0.2) is 5.78 Å². The molecule has 0 saturated carbocycles. The molecule has 0 fully saturated rings. The average molecular weight is 248 g/mol. The number of hydrogen-bond acceptors (Lipinski definition) is 3. The summed E-state index contributed by atoms with van der Waals surface area (Å²) in [5, 5.41) is 0. The third-order valence-electron chi connectivity index (χ3n) is 1.85. The van der Waals surface area contributed by atoms with E-state index in [1.165, 1.54) is 12.1 Å². The number of alkyl halides is 3. The second-order valence-corrected chi connectivity index (χ2v) is 3.20. The van der Waals surface area contributed by atoms with Crippen molar-refractivity contribution < 1.29 is 27.4 Å². The van der Waals surface area contributed by atoms with Gasteiger partial charge >= 0.3 is 6.36 Å². The fourth-order valence-electron chi connectivity index (χ4n) is 1.00. The van der Waals surface area contributed by atoms with Crippen molar-refractivity contribution in [3.8, 4) is 11.5 Å². The minimum atomic E-state index is -4.71. The van der Waals surface area contributed by atoms with Crippen LogP contribution in [-0.4, -0.2) is 18.8 Å². The van der Waals surface area contributed by atoms with Crippen molar-refractivity contribution in [3.05, 3.63) is 24.3 Å². The molecule has 3 nitrogen and oxygen atoms in total. The molecule has 0 radical (unpaired) electrons. The van der Waals surface area contributed by atoms with Crippen molar-refractivity contribution in [1.82, 2.24) is 0 Å². The number of carbonyl (C=O) groups excluding carboxylic acids is 1. The summed E-state index contributed by atoms with van der Waals surface area (Å²) in [6.45, 7) is 1.61. The SMILES string of the molecule is CCC(=O)COc1ccc(OC(F)(F)F)cc1. The van der Waals surface area contributed by atoms with E-state index in [9.17, 15) is 18.0 Å². The lowest BCUT2D eigenvalue weighted by atomic mass is 10.3. The number of halogens is 3. The van der Waals surface area contributed by atoms with Crippen molar-refractivity contribution >= 4 is 5.78 Å². The lowest BCUT2D eigenvalue weighted by molar-refractivity contribution is -0.274. The zero-order valence-electron chi connectivity index (χ0n) is 9.08. The Morgan fingerprint density at radius 1 is 1.18 bits per heavy atom. The molecule has 1 aromatic carbocycles. The summed E-state index contributed by atoms with van der Waals surface area (Å²) in [5.41, 5.74) is 0. The molecule has 0 saturated heterocycles. The van der Waals surface area contributed by atoms with E-state index in [2.05, 4.69) is 4.74 Å². The van der Waals surface area contributed by atoms with Crippen molar-refractivity contribution in [1.29, 1.82) is 0 Å². The predicted octanol–water partition coefficient (Wildman–Crippen LogP) is 2.94. The Kier molecular flexibility index (Phi) is 4.37. The van der Waals surface area contributed by atoms with E-state index in [0.29, 0.717) is 12.2 Å². The Morgan fingerprint density at radius 3 is 2.18 bits per heavy atom. The Morgan fingerprint density at radius 2 is 1.71 bits per heavy atom. The van der Waals surface area contributed by atoms with Gasteiger partial charge in [0.1, 0.15) is 18.1 Å². The first-order chi connectivity index (χ1) is 7.90. The summed E-state index contributed by atoms with van der Waals surface area (Å²) >= 11 is 0. The van der Waals surface area contributed by atoms with E-state index < -0.39 is 6.36 Å². The number of rotatable bonds is 5. The first kappa shape index (κ1) is 13.3. The van der Waals surface area contributed by atoms with E-state index >= 15 is 0 Å². The molecule has 6 heteroatoms. The van der Waals surface area contributed by atoms with Gasteiger partial charge in [0.2, 0.25) is 0 Å². The van der Waals surface area contributed by atoms with Crippen molar-refractivity contribution in [2.75, 3.05) is 6.61 Å². The Labute approximate surface area is 96.1 Å². The third kappa shape index (κ3) is 5.24. The van der Waals surface area contributed by atoms with Crippen LogP contribution in [-0.2, 0) is 4.79 Å². The van der Waals surface area contributed by atoms with Gasteiger partial charge in [-0.05, 0) is 24.3 Å². The molecule has 0 bridgehead atoms. The van der Waals surface area contributed by atoms with Crippen molar-refractivity contribution in [2.45, 2.75) is 19.7 Å². The van der Waals surface area contributed by atoms with Gasteiger partial charge in [-0.1, -0.05) is 6.92 Å². The summed E-state index contributed by atoms with van der Waals surface area (Å²) in [6.07, 6.45) is -4.35. The second kappa shape index (κ2) is 5.56. The summed E-state index contributed by atoms with van der Waals surface area (Å²) in [5.74, 6) is -0.0892. The third-order valence-corrected chi connectivity index (χ3v) is 1.85. The van der Waals surface area contributed by atoms with E-state index in [1.807, 2.05) is 0 Å². The molecule has 0 heterocycles. The summed E-state index contributed by atoms with van der Waals surface area (Å²) in [4.78, 5) is 10.9. The van der Waals surface area contributed by atoms with Crippen LogP contribution in [0, 0.1) is 0 Å². The molecule has 17 heavy (non-hydrogen) atoms. The van der Waals surface area contributed by atoms with E-state index in [-0.39, 0.29) is 18.1 Å². The van der Waals surface area contributed by atoms with Gasteiger partial charge in [-0.3, -0.25) is 4.79 Å². The minimum absolute atomic E-state index is 0.0828. The molecule has 1 aromatic rings. The van der Waals surface area contributed by atoms with Crippen LogP contribution in [0.3, 0.4) is 0 Å². The fourth-order valence-corrected chi connectivity index (χ4v) is 1.00. The minimum Gasteiger partial charge on any atom is -0.486 e. The van der Waals surface area contributed by atoms with Crippen LogP contribution in [0.4, 0.5) is 13.2 Å². The lowest BCUT2D eigenvalue weighted by Crippen LogP contribution is -2.17. The van der Waals surface area contributed by atoms with Crippen LogP contribution in [0.2, 0.25) is 0 Å². The van der Waals surface area contributed by atoms with Crippen LogP contribution in [0.1, 0.15) is 13.3 Å². The molecule has 0 amide bonds. The highest BCUT2D eigenvalue weighted by Crippen LogP contribution is 2.24. The van der Waals surface area contributed by atoms with Crippen LogP contribution in [0.15, 0.2) is 24.3 Å².